The van der Waals surface area contributed by atoms with Crippen molar-refractivity contribution in [2.75, 3.05) is 6.61 Å². The van der Waals surface area contributed by atoms with E-state index in [1.165, 1.54) is 0 Å². The molecule has 4 atom stereocenters. The number of rotatable bonds is 6. The zero-order valence-electron chi connectivity index (χ0n) is 7.55. The standard InChI is InChI=1S/C7H12O8.Na.H/c8-1-3(10)4(11)5(12)6(13)7(14)15-2-9;;/h2-6,8,10-13H,1H2;;/t3-,4-,5+,6-;;/m1../s1. The van der Waals surface area contributed by atoms with Crippen molar-refractivity contribution in [2.24, 2.45) is 0 Å². The number of carbonyl (C=O) groups excluding carboxylic acids is 2. The molecule has 0 fully saturated rings. The van der Waals surface area contributed by atoms with Crippen LogP contribution >= 0.6 is 0 Å². The molecular formula is C7H13NaO8. The molecular weight excluding hydrogens is 235 g/mol. The molecule has 0 aliphatic heterocycles. The van der Waals surface area contributed by atoms with Crippen LogP contribution in [-0.2, 0) is 14.3 Å². The molecule has 0 heterocycles. The van der Waals surface area contributed by atoms with E-state index in [1.54, 1.807) is 0 Å². The Morgan fingerprint density at radius 1 is 1.19 bits per heavy atom. The van der Waals surface area contributed by atoms with Gasteiger partial charge in [-0.1, -0.05) is 0 Å². The fourth-order valence-electron chi connectivity index (χ4n) is 0.779. The average molecular weight is 248 g/mol. The summed E-state index contributed by atoms with van der Waals surface area (Å²) in [6.45, 7) is -1.12. The molecule has 0 unspecified atom stereocenters. The van der Waals surface area contributed by atoms with Gasteiger partial charge in [0, 0.05) is 0 Å². The monoisotopic (exact) mass is 248 g/mol. The minimum atomic E-state index is -2.19. The number of hydrogen-bond donors (Lipinski definition) is 5. The molecule has 8 nitrogen and oxygen atoms in total. The number of ether oxygens (including phenoxy) is 1. The normalized spacial score (nSPS) is 17.6. The van der Waals surface area contributed by atoms with Crippen molar-refractivity contribution in [3.63, 3.8) is 0 Å². The zero-order valence-corrected chi connectivity index (χ0v) is 7.55. The molecule has 16 heavy (non-hydrogen) atoms. The molecule has 0 rings (SSSR count). The Morgan fingerprint density at radius 2 is 1.69 bits per heavy atom. The molecule has 0 saturated carbocycles. The van der Waals surface area contributed by atoms with Gasteiger partial charge < -0.3 is 30.3 Å². The van der Waals surface area contributed by atoms with E-state index in [0.717, 1.165) is 0 Å². The number of carbonyl (C=O) groups is 2. The van der Waals surface area contributed by atoms with Crippen molar-refractivity contribution >= 4 is 42.0 Å². The summed E-state index contributed by atoms with van der Waals surface area (Å²) in [4.78, 5) is 20.4. The molecule has 0 bridgehead atoms. The van der Waals surface area contributed by atoms with Crippen LogP contribution in [0, 0.1) is 0 Å². The number of hydrogen-bond acceptors (Lipinski definition) is 8. The molecule has 0 aromatic rings. The molecule has 0 radical (unpaired) electrons. The van der Waals surface area contributed by atoms with E-state index in [9.17, 15) is 9.59 Å². The van der Waals surface area contributed by atoms with Gasteiger partial charge in [-0.3, -0.25) is 4.79 Å². The van der Waals surface area contributed by atoms with Crippen molar-refractivity contribution < 1.29 is 39.9 Å². The Bertz CT molecular complexity index is 222. The van der Waals surface area contributed by atoms with Gasteiger partial charge in [-0.25, -0.2) is 4.79 Å². The minimum absolute atomic E-state index is 0. The predicted octanol–water partition coefficient (Wildman–Crippen LogP) is -4.53. The van der Waals surface area contributed by atoms with Gasteiger partial charge in [0.25, 0.3) is 0 Å². The molecule has 5 N–H and O–H groups in total. The third-order valence-electron chi connectivity index (χ3n) is 1.66. The van der Waals surface area contributed by atoms with E-state index in [4.69, 9.17) is 25.5 Å². The maximum absolute atomic E-state index is 10.7. The van der Waals surface area contributed by atoms with Crippen molar-refractivity contribution in [3.05, 3.63) is 0 Å². The molecule has 0 amide bonds. The van der Waals surface area contributed by atoms with Gasteiger partial charge in [0.15, 0.2) is 6.10 Å². The van der Waals surface area contributed by atoms with Crippen LogP contribution in [-0.4, -0.2) is 98.6 Å². The molecule has 0 spiro atoms. The summed E-state index contributed by atoms with van der Waals surface area (Å²) in [5.74, 6) is -1.47. The molecule has 0 aromatic heterocycles. The summed E-state index contributed by atoms with van der Waals surface area (Å²) in [6.07, 6.45) is -7.92. The van der Waals surface area contributed by atoms with Crippen LogP contribution in [0.2, 0.25) is 0 Å². The summed E-state index contributed by atoms with van der Waals surface area (Å²) in [7, 11) is 0. The second kappa shape index (κ2) is 9.02. The summed E-state index contributed by atoms with van der Waals surface area (Å²) in [5.41, 5.74) is 0. The second-order valence-electron chi connectivity index (χ2n) is 2.71. The first-order valence-electron chi connectivity index (χ1n) is 3.93. The molecule has 9 heteroatoms. The summed E-state index contributed by atoms with van der Waals surface area (Å²) < 4.78 is 3.70. The Morgan fingerprint density at radius 3 is 2.06 bits per heavy atom. The van der Waals surface area contributed by atoms with Gasteiger partial charge in [-0.05, 0) is 0 Å². The third-order valence-corrected chi connectivity index (χ3v) is 1.66. The van der Waals surface area contributed by atoms with Gasteiger partial charge in [0.2, 0.25) is 0 Å². The number of aliphatic hydroxyl groups is 5. The zero-order chi connectivity index (χ0) is 12.0. The first-order valence-corrected chi connectivity index (χ1v) is 3.93. The average Bonchev–Trinajstić information content (AvgIpc) is 2.25. The Balaban J connectivity index is 0. The molecule has 0 aliphatic rings. The fraction of sp³-hybridized carbons (Fsp3) is 0.714. The third kappa shape index (κ3) is 5.32. The second-order valence-corrected chi connectivity index (χ2v) is 2.71. The first kappa shape index (κ1) is 18.3. The van der Waals surface area contributed by atoms with Gasteiger partial charge in [0.1, 0.15) is 18.3 Å². The van der Waals surface area contributed by atoms with Crippen LogP contribution in [0.15, 0.2) is 0 Å². The van der Waals surface area contributed by atoms with Gasteiger partial charge in [-0.2, -0.15) is 0 Å². The summed E-state index contributed by atoms with van der Waals surface area (Å²) >= 11 is 0. The summed E-state index contributed by atoms with van der Waals surface area (Å²) in [6, 6.07) is 0. The SMILES string of the molecule is O=COC(=O)[C@H](O)[C@@H](O)[C@H](O)[C@H](O)CO.[NaH]. The van der Waals surface area contributed by atoms with E-state index < -0.39 is 37.0 Å². The van der Waals surface area contributed by atoms with Crippen molar-refractivity contribution in [3.8, 4) is 0 Å². The van der Waals surface area contributed by atoms with Crippen LogP contribution in [0.1, 0.15) is 0 Å². The van der Waals surface area contributed by atoms with E-state index in [-0.39, 0.29) is 36.0 Å². The van der Waals surface area contributed by atoms with Crippen LogP contribution < -0.4 is 0 Å². The van der Waals surface area contributed by atoms with Gasteiger partial charge in [0.05, 0.1) is 6.61 Å². The number of esters is 1. The Labute approximate surface area is 113 Å². The van der Waals surface area contributed by atoms with Crippen molar-refractivity contribution in [1.29, 1.82) is 0 Å². The van der Waals surface area contributed by atoms with Crippen LogP contribution in [0.4, 0.5) is 0 Å². The fourth-order valence-corrected chi connectivity index (χ4v) is 0.779. The number of aliphatic hydroxyl groups excluding tert-OH is 5. The van der Waals surface area contributed by atoms with Crippen molar-refractivity contribution in [2.45, 2.75) is 24.4 Å². The predicted molar refractivity (Wildman–Crippen MR) is 50.4 cm³/mol. The quantitative estimate of drug-likeness (QED) is 0.137. The van der Waals surface area contributed by atoms with Crippen LogP contribution in [0.25, 0.3) is 0 Å². The Hall–Kier alpha value is -0.0600. The summed E-state index contributed by atoms with van der Waals surface area (Å²) in [5, 5.41) is 44.4. The molecule has 0 aliphatic carbocycles. The van der Waals surface area contributed by atoms with Gasteiger partial charge >= 0.3 is 42.0 Å². The molecule has 0 aromatic carbocycles. The van der Waals surface area contributed by atoms with Crippen LogP contribution in [0.3, 0.4) is 0 Å². The van der Waals surface area contributed by atoms with Crippen molar-refractivity contribution in [1.82, 2.24) is 0 Å². The van der Waals surface area contributed by atoms with Gasteiger partial charge in [-0.15, -0.1) is 0 Å². The maximum atomic E-state index is 10.7. The first-order chi connectivity index (χ1) is 6.95. The topological polar surface area (TPSA) is 145 Å². The van der Waals surface area contributed by atoms with Crippen LogP contribution in [0.5, 0.6) is 0 Å². The Kier molecular flexibility index (Phi) is 10.3. The van der Waals surface area contributed by atoms with E-state index in [1.807, 2.05) is 0 Å². The molecule has 90 valence electrons. The van der Waals surface area contributed by atoms with E-state index in [2.05, 4.69) is 4.74 Å². The molecule has 0 saturated heterocycles. The van der Waals surface area contributed by atoms with E-state index in [0.29, 0.717) is 0 Å². The van der Waals surface area contributed by atoms with E-state index >= 15 is 0 Å².